The van der Waals surface area contributed by atoms with E-state index in [1.54, 1.807) is 19.3 Å². The number of nitrogens with zero attached hydrogens (tertiary/aromatic N) is 4. The summed E-state index contributed by atoms with van der Waals surface area (Å²) in [5.41, 5.74) is 0.977. The Morgan fingerprint density at radius 2 is 2.07 bits per heavy atom. The van der Waals surface area contributed by atoms with Crippen LogP contribution in [-0.4, -0.2) is 42.1 Å². The molecule has 7 heteroatoms. The molecule has 144 valence electrons. The highest BCUT2D eigenvalue weighted by Gasteiger charge is 2.25. The SMILES string of the molecule is CN=C(NCc1nccc2ccccc12)NC1CCN(c2ncccc2F)C1. The highest BCUT2D eigenvalue weighted by molar-refractivity contribution is 5.85. The monoisotopic (exact) mass is 378 g/mol. The number of hydrogen-bond donors (Lipinski definition) is 2. The molecule has 3 heterocycles. The van der Waals surface area contributed by atoms with Crippen LogP contribution in [0.4, 0.5) is 10.2 Å². The summed E-state index contributed by atoms with van der Waals surface area (Å²) < 4.78 is 14.0. The first kappa shape index (κ1) is 18.2. The predicted octanol–water partition coefficient (Wildman–Crippen LogP) is 2.71. The molecule has 1 aliphatic rings. The van der Waals surface area contributed by atoms with Crippen LogP contribution in [0, 0.1) is 5.82 Å². The van der Waals surface area contributed by atoms with Crippen LogP contribution in [0.1, 0.15) is 12.1 Å². The third-order valence-electron chi connectivity index (χ3n) is 4.97. The lowest BCUT2D eigenvalue weighted by Crippen LogP contribution is -2.44. The number of pyridine rings is 2. The van der Waals surface area contributed by atoms with Gasteiger partial charge in [0.15, 0.2) is 17.6 Å². The molecule has 6 nitrogen and oxygen atoms in total. The van der Waals surface area contributed by atoms with Crippen molar-refractivity contribution in [3.05, 3.63) is 66.4 Å². The Morgan fingerprint density at radius 3 is 2.93 bits per heavy atom. The molecule has 1 unspecified atom stereocenters. The van der Waals surface area contributed by atoms with Gasteiger partial charge in [-0.15, -0.1) is 0 Å². The van der Waals surface area contributed by atoms with Crippen LogP contribution in [0.25, 0.3) is 10.8 Å². The molecular weight excluding hydrogens is 355 g/mol. The lowest BCUT2D eigenvalue weighted by molar-refractivity contribution is 0.612. The molecule has 0 aliphatic carbocycles. The maximum atomic E-state index is 14.0. The number of benzene rings is 1. The topological polar surface area (TPSA) is 65.4 Å². The summed E-state index contributed by atoms with van der Waals surface area (Å²) in [5.74, 6) is 0.838. The zero-order chi connectivity index (χ0) is 19.3. The maximum absolute atomic E-state index is 14.0. The van der Waals surface area contributed by atoms with Crippen LogP contribution in [0.5, 0.6) is 0 Å². The Bertz CT molecular complexity index is 984. The van der Waals surface area contributed by atoms with Crippen molar-refractivity contribution in [2.45, 2.75) is 19.0 Å². The van der Waals surface area contributed by atoms with E-state index in [0.717, 1.165) is 24.0 Å². The zero-order valence-corrected chi connectivity index (χ0v) is 15.8. The van der Waals surface area contributed by atoms with Gasteiger partial charge >= 0.3 is 0 Å². The van der Waals surface area contributed by atoms with Gasteiger partial charge in [0.1, 0.15) is 0 Å². The molecule has 0 spiro atoms. The lowest BCUT2D eigenvalue weighted by Gasteiger charge is -2.20. The fourth-order valence-electron chi connectivity index (χ4n) is 3.56. The largest absolute Gasteiger partial charge is 0.352 e. The van der Waals surface area contributed by atoms with Gasteiger partial charge in [-0.1, -0.05) is 24.3 Å². The van der Waals surface area contributed by atoms with Crippen molar-refractivity contribution >= 4 is 22.5 Å². The van der Waals surface area contributed by atoms with Gasteiger partial charge in [-0.05, 0) is 30.0 Å². The predicted molar refractivity (Wildman–Crippen MR) is 110 cm³/mol. The molecule has 4 rings (SSSR count). The van der Waals surface area contributed by atoms with Gasteiger partial charge in [0, 0.05) is 44.0 Å². The zero-order valence-electron chi connectivity index (χ0n) is 15.8. The van der Waals surface area contributed by atoms with Crippen molar-refractivity contribution in [1.29, 1.82) is 0 Å². The maximum Gasteiger partial charge on any atom is 0.191 e. The summed E-state index contributed by atoms with van der Waals surface area (Å²) in [4.78, 5) is 15.0. The Labute approximate surface area is 163 Å². The van der Waals surface area contributed by atoms with Gasteiger partial charge in [-0.3, -0.25) is 9.98 Å². The van der Waals surface area contributed by atoms with Gasteiger partial charge in [0.05, 0.1) is 12.2 Å². The van der Waals surface area contributed by atoms with E-state index >= 15 is 0 Å². The smallest absolute Gasteiger partial charge is 0.191 e. The van der Waals surface area contributed by atoms with E-state index in [-0.39, 0.29) is 11.9 Å². The molecule has 0 saturated carbocycles. The second-order valence-corrected chi connectivity index (χ2v) is 6.79. The minimum Gasteiger partial charge on any atom is -0.352 e. The molecule has 0 radical (unpaired) electrons. The molecule has 28 heavy (non-hydrogen) atoms. The second kappa shape index (κ2) is 8.21. The van der Waals surface area contributed by atoms with Crippen LogP contribution in [0.3, 0.4) is 0 Å². The third-order valence-corrected chi connectivity index (χ3v) is 4.97. The minimum atomic E-state index is -0.285. The standard InChI is InChI=1S/C21H23FN6/c1-23-21(26-13-19-17-6-3-2-5-15(17)8-11-24-19)27-16-9-12-28(14-16)20-18(22)7-4-10-25-20/h2-8,10-11,16H,9,12-14H2,1H3,(H2,23,26,27). The molecule has 0 amide bonds. The summed E-state index contributed by atoms with van der Waals surface area (Å²) >= 11 is 0. The molecule has 1 fully saturated rings. The highest BCUT2D eigenvalue weighted by Crippen LogP contribution is 2.21. The summed E-state index contributed by atoms with van der Waals surface area (Å²) in [6.45, 7) is 2.01. The number of rotatable bonds is 4. The summed E-state index contributed by atoms with van der Waals surface area (Å²) in [6, 6.07) is 13.4. The first-order chi connectivity index (χ1) is 13.7. The van der Waals surface area contributed by atoms with Gasteiger partial charge in [0.25, 0.3) is 0 Å². The van der Waals surface area contributed by atoms with Crippen LogP contribution in [0.2, 0.25) is 0 Å². The van der Waals surface area contributed by atoms with Crippen LogP contribution in [0.15, 0.2) is 59.9 Å². The molecular formula is C21H23FN6. The number of nitrogens with one attached hydrogen (secondary N) is 2. The summed E-state index contributed by atoms with van der Waals surface area (Å²) in [5, 5.41) is 9.06. The van der Waals surface area contributed by atoms with Gasteiger partial charge in [0.2, 0.25) is 0 Å². The molecule has 2 aromatic heterocycles. The first-order valence-electron chi connectivity index (χ1n) is 9.40. The van der Waals surface area contributed by atoms with E-state index in [1.807, 2.05) is 29.3 Å². The molecule has 1 aromatic carbocycles. The highest BCUT2D eigenvalue weighted by atomic mass is 19.1. The minimum absolute atomic E-state index is 0.174. The van der Waals surface area contributed by atoms with Crippen molar-refractivity contribution in [3.63, 3.8) is 0 Å². The second-order valence-electron chi connectivity index (χ2n) is 6.79. The van der Waals surface area contributed by atoms with E-state index in [4.69, 9.17) is 0 Å². The average molecular weight is 378 g/mol. The number of aliphatic imine (C=N–C) groups is 1. The number of hydrogen-bond acceptors (Lipinski definition) is 4. The lowest BCUT2D eigenvalue weighted by atomic mass is 10.1. The Morgan fingerprint density at radius 1 is 1.18 bits per heavy atom. The Balaban J connectivity index is 1.37. The summed E-state index contributed by atoms with van der Waals surface area (Å²) in [7, 11) is 1.75. The van der Waals surface area contributed by atoms with Crippen molar-refractivity contribution < 1.29 is 4.39 Å². The number of anilines is 1. The van der Waals surface area contributed by atoms with Crippen molar-refractivity contribution in [1.82, 2.24) is 20.6 Å². The number of halogens is 1. The van der Waals surface area contributed by atoms with Gasteiger partial charge in [-0.25, -0.2) is 9.37 Å². The quantitative estimate of drug-likeness (QED) is 0.540. The molecule has 2 N–H and O–H groups in total. The molecule has 3 aromatic rings. The number of guanidine groups is 1. The van der Waals surface area contributed by atoms with E-state index < -0.39 is 0 Å². The number of fused-ring (bicyclic) bond motifs is 1. The normalized spacial score (nSPS) is 17.1. The first-order valence-corrected chi connectivity index (χ1v) is 9.40. The molecule has 1 aliphatic heterocycles. The average Bonchev–Trinajstić information content (AvgIpc) is 3.19. The Kier molecular flexibility index (Phi) is 5.32. The van der Waals surface area contributed by atoms with E-state index in [1.165, 1.54) is 11.5 Å². The Hall–Kier alpha value is -3.22. The van der Waals surface area contributed by atoms with Crippen molar-refractivity contribution in [2.24, 2.45) is 4.99 Å². The fourth-order valence-corrected chi connectivity index (χ4v) is 3.56. The van der Waals surface area contributed by atoms with Crippen LogP contribution < -0.4 is 15.5 Å². The molecule has 1 saturated heterocycles. The van der Waals surface area contributed by atoms with Crippen molar-refractivity contribution in [3.8, 4) is 0 Å². The number of aromatic nitrogens is 2. The van der Waals surface area contributed by atoms with Crippen LogP contribution in [-0.2, 0) is 6.54 Å². The molecule has 0 bridgehead atoms. The van der Waals surface area contributed by atoms with Gasteiger partial charge < -0.3 is 15.5 Å². The van der Waals surface area contributed by atoms with E-state index in [2.05, 4.69) is 37.7 Å². The van der Waals surface area contributed by atoms with Gasteiger partial charge in [-0.2, -0.15) is 0 Å². The summed E-state index contributed by atoms with van der Waals surface area (Å²) in [6.07, 6.45) is 4.34. The van der Waals surface area contributed by atoms with Crippen molar-refractivity contribution in [2.75, 3.05) is 25.0 Å². The van der Waals surface area contributed by atoms with E-state index in [9.17, 15) is 4.39 Å². The fraction of sp³-hybridized carbons (Fsp3) is 0.286. The third kappa shape index (κ3) is 3.88. The van der Waals surface area contributed by atoms with E-state index in [0.29, 0.717) is 24.9 Å². The van der Waals surface area contributed by atoms with Crippen LogP contribution >= 0.6 is 0 Å². The molecule has 1 atom stereocenters.